The average molecular weight is 428 g/mol. The lowest BCUT2D eigenvalue weighted by Crippen LogP contribution is -2.41. The van der Waals surface area contributed by atoms with Crippen LogP contribution in [0.3, 0.4) is 0 Å². The average Bonchev–Trinajstić information content (AvgIpc) is 3.41. The SMILES string of the molecule is c1ccc([C@H](CNc2ncc(-c3cnccn3)c(-c3ccco3)n2)N2CCOCC2)cc1. The van der Waals surface area contributed by atoms with Crippen molar-refractivity contribution in [2.45, 2.75) is 6.04 Å². The van der Waals surface area contributed by atoms with E-state index in [1.807, 2.05) is 18.2 Å². The number of furan rings is 1. The summed E-state index contributed by atoms with van der Waals surface area (Å²) in [6, 6.07) is 14.4. The molecule has 1 fully saturated rings. The number of benzene rings is 1. The van der Waals surface area contributed by atoms with Crippen LogP contribution in [0.25, 0.3) is 22.7 Å². The van der Waals surface area contributed by atoms with Gasteiger partial charge in [-0.25, -0.2) is 9.97 Å². The molecule has 8 heteroatoms. The van der Waals surface area contributed by atoms with Gasteiger partial charge in [-0.3, -0.25) is 14.9 Å². The van der Waals surface area contributed by atoms with Crippen molar-refractivity contribution in [3.63, 3.8) is 0 Å². The van der Waals surface area contributed by atoms with Gasteiger partial charge < -0.3 is 14.5 Å². The van der Waals surface area contributed by atoms with Gasteiger partial charge in [-0.05, 0) is 17.7 Å². The van der Waals surface area contributed by atoms with E-state index in [0.29, 0.717) is 29.6 Å². The summed E-state index contributed by atoms with van der Waals surface area (Å²) in [5.41, 5.74) is 3.40. The molecule has 1 saturated heterocycles. The van der Waals surface area contributed by atoms with Crippen LogP contribution in [0.1, 0.15) is 11.6 Å². The summed E-state index contributed by atoms with van der Waals surface area (Å²) in [5.74, 6) is 1.20. The molecule has 1 aliphatic heterocycles. The highest BCUT2D eigenvalue weighted by Crippen LogP contribution is 2.30. The molecule has 0 radical (unpaired) electrons. The van der Waals surface area contributed by atoms with Crippen molar-refractivity contribution in [3.05, 3.63) is 79.1 Å². The summed E-state index contributed by atoms with van der Waals surface area (Å²) in [4.78, 5) is 20.3. The topological polar surface area (TPSA) is 89.2 Å². The molecule has 1 aromatic carbocycles. The highest BCUT2D eigenvalue weighted by molar-refractivity contribution is 5.76. The molecule has 4 heterocycles. The van der Waals surface area contributed by atoms with E-state index in [2.05, 4.69) is 49.4 Å². The molecular formula is C24H24N6O2. The maximum Gasteiger partial charge on any atom is 0.223 e. The number of rotatable bonds is 7. The largest absolute Gasteiger partial charge is 0.463 e. The standard InChI is InChI=1S/C24H24N6O2/c1-2-5-18(6-3-1)21(30-10-13-31-14-11-30)17-28-24-27-15-19(20-16-25-8-9-26-20)23(29-24)22-7-4-12-32-22/h1-9,12,15-16,21H,10-11,13-14,17H2,(H,27,28,29)/t21-/m0/s1. The summed E-state index contributed by atoms with van der Waals surface area (Å²) in [5, 5.41) is 3.44. The quantitative estimate of drug-likeness (QED) is 0.477. The number of morpholine rings is 1. The Hall–Kier alpha value is -3.62. The van der Waals surface area contributed by atoms with E-state index in [9.17, 15) is 0 Å². The van der Waals surface area contributed by atoms with E-state index in [0.717, 1.165) is 31.9 Å². The van der Waals surface area contributed by atoms with Crippen LogP contribution in [0.4, 0.5) is 5.95 Å². The van der Waals surface area contributed by atoms with E-state index in [1.54, 1.807) is 31.1 Å². The molecule has 162 valence electrons. The second kappa shape index (κ2) is 9.67. The van der Waals surface area contributed by atoms with Crippen molar-refractivity contribution in [1.29, 1.82) is 0 Å². The first-order valence-corrected chi connectivity index (χ1v) is 10.7. The Morgan fingerprint density at radius 3 is 2.59 bits per heavy atom. The van der Waals surface area contributed by atoms with Crippen LogP contribution < -0.4 is 5.32 Å². The fraction of sp³-hybridized carbons (Fsp3) is 0.250. The Labute approximate surface area is 186 Å². The predicted molar refractivity (Wildman–Crippen MR) is 121 cm³/mol. The van der Waals surface area contributed by atoms with Gasteiger partial charge in [0.2, 0.25) is 5.95 Å². The van der Waals surface area contributed by atoms with E-state index < -0.39 is 0 Å². The Morgan fingerprint density at radius 1 is 0.969 bits per heavy atom. The van der Waals surface area contributed by atoms with Crippen molar-refractivity contribution >= 4 is 5.95 Å². The fourth-order valence-electron chi connectivity index (χ4n) is 3.90. The van der Waals surface area contributed by atoms with Crippen molar-refractivity contribution < 1.29 is 9.15 Å². The summed E-state index contributed by atoms with van der Waals surface area (Å²) in [6.07, 6.45) is 8.39. The molecule has 0 saturated carbocycles. The van der Waals surface area contributed by atoms with E-state index in [1.165, 1.54) is 5.56 Å². The molecule has 0 amide bonds. The Kier molecular flexibility index (Phi) is 6.13. The minimum Gasteiger partial charge on any atom is -0.463 e. The molecule has 0 aliphatic carbocycles. The van der Waals surface area contributed by atoms with Gasteiger partial charge in [0.05, 0.1) is 37.4 Å². The van der Waals surface area contributed by atoms with Gasteiger partial charge >= 0.3 is 0 Å². The van der Waals surface area contributed by atoms with Gasteiger partial charge in [-0.1, -0.05) is 30.3 Å². The van der Waals surface area contributed by atoms with Crippen LogP contribution in [0.2, 0.25) is 0 Å². The molecule has 8 nitrogen and oxygen atoms in total. The number of nitrogens with zero attached hydrogens (tertiary/aromatic N) is 5. The molecule has 0 unspecified atom stereocenters. The highest BCUT2D eigenvalue weighted by atomic mass is 16.5. The Bertz CT molecular complexity index is 1120. The third-order valence-electron chi connectivity index (χ3n) is 5.51. The molecule has 3 aromatic heterocycles. The molecule has 1 atom stereocenters. The van der Waals surface area contributed by atoms with Crippen LogP contribution in [-0.4, -0.2) is 57.7 Å². The molecule has 0 bridgehead atoms. The van der Waals surface area contributed by atoms with E-state index >= 15 is 0 Å². The van der Waals surface area contributed by atoms with Crippen molar-refractivity contribution in [2.75, 3.05) is 38.2 Å². The van der Waals surface area contributed by atoms with Crippen LogP contribution in [0, 0.1) is 0 Å². The van der Waals surface area contributed by atoms with Crippen LogP contribution in [-0.2, 0) is 4.74 Å². The number of ether oxygens (including phenoxy) is 1. The third kappa shape index (κ3) is 4.51. The number of nitrogens with one attached hydrogen (secondary N) is 1. The number of hydrogen-bond acceptors (Lipinski definition) is 8. The highest BCUT2D eigenvalue weighted by Gasteiger charge is 2.23. The summed E-state index contributed by atoms with van der Waals surface area (Å²) < 4.78 is 11.2. The summed E-state index contributed by atoms with van der Waals surface area (Å²) >= 11 is 0. The van der Waals surface area contributed by atoms with Gasteiger partial charge in [0.25, 0.3) is 0 Å². The number of hydrogen-bond donors (Lipinski definition) is 1. The minimum absolute atomic E-state index is 0.190. The maximum absolute atomic E-state index is 5.64. The lowest BCUT2D eigenvalue weighted by atomic mass is 10.0. The van der Waals surface area contributed by atoms with Crippen LogP contribution >= 0.6 is 0 Å². The first-order chi connectivity index (χ1) is 15.9. The smallest absolute Gasteiger partial charge is 0.223 e. The van der Waals surface area contributed by atoms with Crippen LogP contribution in [0.5, 0.6) is 0 Å². The number of aromatic nitrogens is 4. The molecule has 4 aromatic rings. The first-order valence-electron chi connectivity index (χ1n) is 10.7. The normalized spacial score (nSPS) is 15.4. The third-order valence-corrected chi connectivity index (χ3v) is 5.51. The Morgan fingerprint density at radius 2 is 1.84 bits per heavy atom. The van der Waals surface area contributed by atoms with Gasteiger partial charge in [0.15, 0.2) is 5.76 Å². The molecule has 1 N–H and O–H groups in total. The van der Waals surface area contributed by atoms with Gasteiger partial charge in [-0.2, -0.15) is 0 Å². The number of anilines is 1. The first kappa shape index (κ1) is 20.3. The zero-order chi connectivity index (χ0) is 21.6. The van der Waals surface area contributed by atoms with Gasteiger partial charge in [0, 0.05) is 43.8 Å². The zero-order valence-corrected chi connectivity index (χ0v) is 17.6. The second-order valence-electron chi connectivity index (χ2n) is 7.48. The maximum atomic E-state index is 5.64. The Balaban J connectivity index is 1.42. The van der Waals surface area contributed by atoms with Crippen LogP contribution in [0.15, 0.2) is 77.9 Å². The van der Waals surface area contributed by atoms with Crippen molar-refractivity contribution in [3.8, 4) is 22.7 Å². The van der Waals surface area contributed by atoms with Gasteiger partial charge in [-0.15, -0.1) is 0 Å². The summed E-state index contributed by atoms with van der Waals surface area (Å²) in [6.45, 7) is 3.95. The second-order valence-corrected chi connectivity index (χ2v) is 7.48. The van der Waals surface area contributed by atoms with Crippen molar-refractivity contribution in [2.24, 2.45) is 0 Å². The molecule has 0 spiro atoms. The van der Waals surface area contributed by atoms with Gasteiger partial charge in [0.1, 0.15) is 5.69 Å². The van der Waals surface area contributed by atoms with E-state index in [-0.39, 0.29) is 6.04 Å². The molecule has 32 heavy (non-hydrogen) atoms. The monoisotopic (exact) mass is 428 g/mol. The van der Waals surface area contributed by atoms with Crippen molar-refractivity contribution in [1.82, 2.24) is 24.8 Å². The molecule has 5 rings (SSSR count). The summed E-state index contributed by atoms with van der Waals surface area (Å²) in [7, 11) is 0. The molecular weight excluding hydrogens is 404 g/mol. The zero-order valence-electron chi connectivity index (χ0n) is 17.6. The molecule has 1 aliphatic rings. The predicted octanol–water partition coefficient (Wildman–Crippen LogP) is 3.68. The van der Waals surface area contributed by atoms with E-state index in [4.69, 9.17) is 14.1 Å². The minimum atomic E-state index is 0.190. The lowest BCUT2D eigenvalue weighted by molar-refractivity contribution is 0.0187. The fourth-order valence-corrected chi connectivity index (χ4v) is 3.90. The lowest BCUT2D eigenvalue weighted by Gasteiger charge is -2.35.